The first kappa shape index (κ1) is 17.6. The van der Waals surface area contributed by atoms with E-state index in [9.17, 15) is 4.79 Å². The van der Waals surface area contributed by atoms with E-state index < -0.39 is 0 Å². The molecule has 2 unspecified atom stereocenters. The molecule has 0 aromatic carbocycles. The first-order valence-electron chi connectivity index (χ1n) is 8.32. The zero-order valence-electron chi connectivity index (χ0n) is 14.2. The van der Waals surface area contributed by atoms with Crippen molar-refractivity contribution in [3.8, 4) is 0 Å². The topological polar surface area (TPSA) is 23.6 Å². The van der Waals surface area contributed by atoms with E-state index in [2.05, 4.69) is 44.7 Å². The summed E-state index contributed by atoms with van der Waals surface area (Å²) in [5, 5.41) is 0. The summed E-state index contributed by atoms with van der Waals surface area (Å²) in [5.41, 5.74) is 0. The molecule has 0 aromatic heterocycles. The van der Waals surface area contributed by atoms with Crippen LogP contribution >= 0.6 is 0 Å². The van der Waals surface area contributed by atoms with Gasteiger partial charge in [0.15, 0.2) is 0 Å². The summed E-state index contributed by atoms with van der Waals surface area (Å²) in [4.78, 5) is 16.9. The Labute approximate surface area is 125 Å². The Morgan fingerprint density at radius 2 is 1.95 bits per heavy atom. The lowest BCUT2D eigenvalue weighted by molar-refractivity contribution is -0.126. The SMILES string of the molecule is CCC1CCC(=O)C(CN(CCN(C)C)CC(C)C)C1. The van der Waals surface area contributed by atoms with Crippen LogP contribution in [-0.2, 0) is 4.79 Å². The number of nitrogens with zero attached hydrogens (tertiary/aromatic N) is 2. The predicted molar refractivity (Wildman–Crippen MR) is 86.0 cm³/mol. The third kappa shape index (κ3) is 6.36. The number of hydrogen-bond donors (Lipinski definition) is 0. The average molecular weight is 282 g/mol. The molecule has 3 heteroatoms. The first-order chi connectivity index (χ1) is 9.42. The average Bonchev–Trinajstić information content (AvgIpc) is 2.37. The van der Waals surface area contributed by atoms with Crippen LogP contribution in [0.3, 0.4) is 0 Å². The molecule has 3 nitrogen and oxygen atoms in total. The van der Waals surface area contributed by atoms with Crippen LogP contribution in [0.1, 0.15) is 46.5 Å². The van der Waals surface area contributed by atoms with Crippen molar-refractivity contribution >= 4 is 5.78 Å². The van der Waals surface area contributed by atoms with E-state index in [-0.39, 0.29) is 5.92 Å². The van der Waals surface area contributed by atoms with Gasteiger partial charge in [0.25, 0.3) is 0 Å². The highest BCUT2D eigenvalue weighted by atomic mass is 16.1. The van der Waals surface area contributed by atoms with Gasteiger partial charge in [-0.3, -0.25) is 4.79 Å². The summed E-state index contributed by atoms with van der Waals surface area (Å²) < 4.78 is 0. The van der Waals surface area contributed by atoms with Gasteiger partial charge in [-0.15, -0.1) is 0 Å². The smallest absolute Gasteiger partial charge is 0.137 e. The molecule has 20 heavy (non-hydrogen) atoms. The van der Waals surface area contributed by atoms with Gasteiger partial charge in [0.05, 0.1) is 0 Å². The molecule has 1 saturated carbocycles. The van der Waals surface area contributed by atoms with Gasteiger partial charge in [0.1, 0.15) is 5.78 Å². The van der Waals surface area contributed by atoms with Crippen LogP contribution in [0, 0.1) is 17.8 Å². The maximum Gasteiger partial charge on any atom is 0.137 e. The largest absolute Gasteiger partial charge is 0.308 e. The molecule has 1 aliphatic carbocycles. The number of ketones is 1. The monoisotopic (exact) mass is 282 g/mol. The fourth-order valence-corrected chi connectivity index (χ4v) is 3.18. The van der Waals surface area contributed by atoms with Crippen LogP contribution in [0.5, 0.6) is 0 Å². The minimum absolute atomic E-state index is 0.287. The normalized spacial score (nSPS) is 24.1. The molecular weight excluding hydrogens is 248 g/mol. The van der Waals surface area contributed by atoms with Crippen LogP contribution in [0.4, 0.5) is 0 Å². The van der Waals surface area contributed by atoms with Crippen LogP contribution in [0.2, 0.25) is 0 Å². The van der Waals surface area contributed by atoms with E-state index in [0.29, 0.717) is 11.7 Å². The summed E-state index contributed by atoms with van der Waals surface area (Å²) in [5.74, 6) is 2.23. The maximum atomic E-state index is 12.2. The molecule has 1 rings (SSSR count). The third-order valence-corrected chi connectivity index (χ3v) is 4.41. The van der Waals surface area contributed by atoms with Gasteiger partial charge in [0, 0.05) is 38.5 Å². The standard InChI is InChI=1S/C17H34N2O/c1-6-15-7-8-17(20)16(11-15)13-19(12-14(2)3)10-9-18(4)5/h14-16H,6-13H2,1-5H3. The van der Waals surface area contributed by atoms with Crippen molar-refractivity contribution in [2.24, 2.45) is 17.8 Å². The zero-order valence-corrected chi connectivity index (χ0v) is 14.2. The van der Waals surface area contributed by atoms with Crippen LogP contribution < -0.4 is 0 Å². The highest BCUT2D eigenvalue weighted by Crippen LogP contribution is 2.29. The van der Waals surface area contributed by atoms with Crippen LogP contribution in [-0.4, -0.2) is 55.9 Å². The molecular formula is C17H34N2O. The molecule has 1 fully saturated rings. The van der Waals surface area contributed by atoms with Gasteiger partial charge in [-0.1, -0.05) is 27.2 Å². The number of likely N-dealkylation sites (N-methyl/N-ethyl adjacent to an activating group) is 1. The Bertz CT molecular complexity index is 289. The molecule has 118 valence electrons. The Balaban J connectivity index is 2.54. The molecule has 0 bridgehead atoms. The van der Waals surface area contributed by atoms with E-state index in [4.69, 9.17) is 0 Å². The molecule has 0 radical (unpaired) electrons. The lowest BCUT2D eigenvalue weighted by Crippen LogP contribution is -2.41. The molecule has 2 atom stereocenters. The second kappa shape index (κ2) is 8.78. The molecule has 0 N–H and O–H groups in total. The number of hydrogen-bond acceptors (Lipinski definition) is 3. The molecule has 1 aliphatic rings. The van der Waals surface area contributed by atoms with Crippen molar-refractivity contribution in [1.82, 2.24) is 9.80 Å². The number of rotatable bonds is 8. The maximum absolute atomic E-state index is 12.2. The lowest BCUT2D eigenvalue weighted by Gasteiger charge is -2.33. The minimum atomic E-state index is 0.287. The van der Waals surface area contributed by atoms with Crippen LogP contribution in [0.15, 0.2) is 0 Å². The fraction of sp³-hybridized carbons (Fsp3) is 0.941. The summed E-state index contributed by atoms with van der Waals surface area (Å²) in [6.07, 6.45) is 4.28. The second-order valence-electron chi connectivity index (χ2n) is 7.17. The molecule has 0 amide bonds. The number of carbonyl (C=O) groups excluding carboxylic acids is 1. The van der Waals surface area contributed by atoms with Gasteiger partial charge in [-0.25, -0.2) is 0 Å². The highest BCUT2D eigenvalue weighted by molar-refractivity contribution is 5.81. The van der Waals surface area contributed by atoms with Gasteiger partial charge < -0.3 is 9.80 Å². The fourth-order valence-electron chi connectivity index (χ4n) is 3.18. The summed E-state index contributed by atoms with van der Waals surface area (Å²) >= 11 is 0. The third-order valence-electron chi connectivity index (χ3n) is 4.41. The second-order valence-corrected chi connectivity index (χ2v) is 7.17. The highest BCUT2D eigenvalue weighted by Gasteiger charge is 2.29. The summed E-state index contributed by atoms with van der Waals surface area (Å²) in [6, 6.07) is 0. The van der Waals surface area contributed by atoms with Crippen molar-refractivity contribution in [2.45, 2.75) is 46.5 Å². The summed E-state index contributed by atoms with van der Waals surface area (Å²) in [6.45, 7) is 11.0. The van der Waals surface area contributed by atoms with Gasteiger partial charge >= 0.3 is 0 Å². The zero-order chi connectivity index (χ0) is 15.1. The Morgan fingerprint density at radius 1 is 1.25 bits per heavy atom. The number of carbonyl (C=O) groups is 1. The molecule has 0 saturated heterocycles. The van der Waals surface area contributed by atoms with E-state index >= 15 is 0 Å². The Hall–Kier alpha value is -0.410. The van der Waals surface area contributed by atoms with Crippen molar-refractivity contribution < 1.29 is 4.79 Å². The molecule has 0 spiro atoms. The molecule has 0 aromatic rings. The quantitative estimate of drug-likeness (QED) is 0.684. The van der Waals surface area contributed by atoms with Gasteiger partial charge in [-0.05, 0) is 38.8 Å². The Kier molecular flexibility index (Phi) is 7.75. The molecule has 0 aliphatic heterocycles. The van der Waals surface area contributed by atoms with E-state index in [1.54, 1.807) is 0 Å². The predicted octanol–water partition coefficient (Wildman–Crippen LogP) is 2.90. The van der Waals surface area contributed by atoms with E-state index in [1.165, 1.54) is 6.42 Å². The van der Waals surface area contributed by atoms with E-state index in [1.807, 2.05) is 0 Å². The Morgan fingerprint density at radius 3 is 2.50 bits per heavy atom. The van der Waals surface area contributed by atoms with Crippen molar-refractivity contribution in [1.29, 1.82) is 0 Å². The summed E-state index contributed by atoms with van der Waals surface area (Å²) in [7, 11) is 4.23. The van der Waals surface area contributed by atoms with Gasteiger partial charge in [0.2, 0.25) is 0 Å². The van der Waals surface area contributed by atoms with Crippen molar-refractivity contribution in [3.63, 3.8) is 0 Å². The first-order valence-corrected chi connectivity index (χ1v) is 8.32. The van der Waals surface area contributed by atoms with Gasteiger partial charge in [-0.2, -0.15) is 0 Å². The number of Topliss-reactive ketones (excluding diaryl/α,β-unsaturated/α-hetero) is 1. The van der Waals surface area contributed by atoms with Crippen LogP contribution in [0.25, 0.3) is 0 Å². The van der Waals surface area contributed by atoms with E-state index in [0.717, 1.165) is 51.4 Å². The molecule has 0 heterocycles. The minimum Gasteiger partial charge on any atom is -0.308 e. The lowest BCUT2D eigenvalue weighted by atomic mass is 9.79. The van der Waals surface area contributed by atoms with Crippen molar-refractivity contribution in [2.75, 3.05) is 40.3 Å². The van der Waals surface area contributed by atoms with Crippen molar-refractivity contribution in [3.05, 3.63) is 0 Å².